The van der Waals surface area contributed by atoms with Crippen LogP contribution >= 0.6 is 0 Å². The highest BCUT2D eigenvalue weighted by Crippen LogP contribution is 2.31. The molecule has 40 heavy (non-hydrogen) atoms. The minimum Gasteiger partial charge on any atom is -0.483 e. The van der Waals surface area contributed by atoms with Crippen LogP contribution in [0.1, 0.15) is 61.8 Å². The van der Waals surface area contributed by atoms with Crippen molar-refractivity contribution in [3.05, 3.63) is 95.1 Å². The summed E-state index contributed by atoms with van der Waals surface area (Å²) in [6.45, 7) is 12.2. The van der Waals surface area contributed by atoms with Crippen LogP contribution in [0.3, 0.4) is 0 Å². The molecule has 0 fully saturated rings. The molecule has 4 aromatic rings. The maximum Gasteiger partial charge on any atom is 0.262 e. The van der Waals surface area contributed by atoms with E-state index >= 15 is 0 Å². The number of amides is 2. The van der Waals surface area contributed by atoms with Crippen molar-refractivity contribution in [1.29, 1.82) is 0 Å². The topological polar surface area (TPSA) is 76.7 Å². The highest BCUT2D eigenvalue weighted by molar-refractivity contribution is 6.09. The molecule has 2 N–H and O–H groups in total. The fourth-order valence-electron chi connectivity index (χ4n) is 4.67. The standard InChI is InChI=1S/C34H38N2O4/c1-21(2)25-15-13-23(5)17-31(25)39-19-33(37)35-29-11-7-10-28-27(29)9-8-12-30(28)36-34(38)20-40-32-18-24(6)14-16-26(32)22(3)4/h7-18,21-22H,19-20H2,1-6H3,(H,35,37)(H,36,38). The summed E-state index contributed by atoms with van der Waals surface area (Å²) in [7, 11) is 0. The number of carbonyl (C=O) groups is 2. The van der Waals surface area contributed by atoms with Gasteiger partial charge in [-0.05, 0) is 72.2 Å². The molecule has 0 unspecified atom stereocenters. The molecular formula is C34H38N2O4. The Balaban J connectivity index is 1.44. The smallest absolute Gasteiger partial charge is 0.262 e. The van der Waals surface area contributed by atoms with Crippen LogP contribution in [0, 0.1) is 13.8 Å². The van der Waals surface area contributed by atoms with Gasteiger partial charge in [0.1, 0.15) is 11.5 Å². The average molecular weight is 539 g/mol. The molecule has 4 rings (SSSR count). The van der Waals surface area contributed by atoms with E-state index in [1.807, 2.05) is 86.6 Å². The fraction of sp³-hybridized carbons (Fsp3) is 0.294. The van der Waals surface area contributed by atoms with Crippen LogP contribution in [-0.2, 0) is 9.59 Å². The molecule has 6 nitrogen and oxygen atoms in total. The first-order valence-corrected chi connectivity index (χ1v) is 13.7. The van der Waals surface area contributed by atoms with Gasteiger partial charge in [-0.25, -0.2) is 0 Å². The first-order valence-electron chi connectivity index (χ1n) is 13.7. The lowest BCUT2D eigenvalue weighted by molar-refractivity contribution is -0.118. The molecule has 0 bridgehead atoms. The molecule has 208 valence electrons. The molecule has 0 radical (unpaired) electrons. The quantitative estimate of drug-likeness (QED) is 0.217. The van der Waals surface area contributed by atoms with Crippen LogP contribution in [0.5, 0.6) is 11.5 Å². The van der Waals surface area contributed by atoms with Gasteiger partial charge >= 0.3 is 0 Å². The SMILES string of the molecule is Cc1ccc(C(C)C)c(OCC(=O)Nc2cccc3c(NC(=O)COc4cc(C)ccc4C(C)C)cccc23)c1. The molecule has 0 saturated carbocycles. The highest BCUT2D eigenvalue weighted by atomic mass is 16.5. The van der Waals surface area contributed by atoms with Gasteiger partial charge < -0.3 is 20.1 Å². The summed E-state index contributed by atoms with van der Waals surface area (Å²) in [6, 6.07) is 23.3. The summed E-state index contributed by atoms with van der Waals surface area (Å²) in [5, 5.41) is 7.56. The third-order valence-corrected chi connectivity index (χ3v) is 6.77. The molecule has 0 aromatic heterocycles. The van der Waals surface area contributed by atoms with E-state index in [0.717, 1.165) is 44.5 Å². The number of rotatable bonds is 10. The predicted molar refractivity (Wildman–Crippen MR) is 163 cm³/mol. The van der Waals surface area contributed by atoms with E-state index in [0.29, 0.717) is 11.4 Å². The first kappa shape index (κ1) is 28.7. The Labute approximate surface area is 236 Å². The molecule has 0 aliphatic carbocycles. The van der Waals surface area contributed by atoms with E-state index in [-0.39, 0.29) is 36.9 Å². The minimum absolute atomic E-state index is 0.106. The van der Waals surface area contributed by atoms with Crippen molar-refractivity contribution in [3.63, 3.8) is 0 Å². The Morgan fingerprint density at radius 2 is 1.02 bits per heavy atom. The number of hydrogen-bond acceptors (Lipinski definition) is 4. The maximum atomic E-state index is 12.9. The third-order valence-electron chi connectivity index (χ3n) is 6.77. The Hall–Kier alpha value is -4.32. The summed E-state index contributed by atoms with van der Waals surface area (Å²) in [5.74, 6) is 1.49. The lowest BCUT2D eigenvalue weighted by Crippen LogP contribution is -2.21. The van der Waals surface area contributed by atoms with Crippen molar-refractivity contribution < 1.29 is 19.1 Å². The van der Waals surface area contributed by atoms with Gasteiger partial charge in [-0.15, -0.1) is 0 Å². The molecule has 0 heterocycles. The summed E-state index contributed by atoms with van der Waals surface area (Å²) in [5.41, 5.74) is 5.58. The summed E-state index contributed by atoms with van der Waals surface area (Å²) in [6.07, 6.45) is 0. The van der Waals surface area contributed by atoms with E-state index in [2.05, 4.69) is 38.3 Å². The molecule has 0 saturated heterocycles. The number of fused-ring (bicyclic) bond motifs is 1. The summed E-state index contributed by atoms with van der Waals surface area (Å²) in [4.78, 5) is 25.7. The van der Waals surface area contributed by atoms with Crippen molar-refractivity contribution in [2.24, 2.45) is 0 Å². The van der Waals surface area contributed by atoms with Gasteiger partial charge in [0, 0.05) is 22.1 Å². The zero-order valence-electron chi connectivity index (χ0n) is 24.1. The van der Waals surface area contributed by atoms with Crippen molar-refractivity contribution in [1.82, 2.24) is 0 Å². The average Bonchev–Trinajstić information content (AvgIpc) is 2.91. The molecule has 0 atom stereocenters. The van der Waals surface area contributed by atoms with Crippen LogP contribution in [0.25, 0.3) is 10.8 Å². The zero-order chi connectivity index (χ0) is 28.8. The van der Waals surface area contributed by atoms with Crippen molar-refractivity contribution in [2.45, 2.75) is 53.4 Å². The molecule has 4 aromatic carbocycles. The number of aryl methyl sites for hydroxylation is 2. The molecule has 2 amide bonds. The van der Waals surface area contributed by atoms with Crippen LogP contribution in [0.4, 0.5) is 11.4 Å². The van der Waals surface area contributed by atoms with Gasteiger partial charge in [0.05, 0.1) is 0 Å². The number of ether oxygens (including phenoxy) is 2. The van der Waals surface area contributed by atoms with E-state index in [1.54, 1.807) is 0 Å². The molecular weight excluding hydrogens is 500 g/mol. The monoisotopic (exact) mass is 538 g/mol. The highest BCUT2D eigenvalue weighted by Gasteiger charge is 2.14. The van der Waals surface area contributed by atoms with Crippen LogP contribution in [-0.4, -0.2) is 25.0 Å². The molecule has 0 aliphatic rings. The van der Waals surface area contributed by atoms with Crippen LogP contribution < -0.4 is 20.1 Å². The Morgan fingerprint density at radius 3 is 1.40 bits per heavy atom. The second-order valence-corrected chi connectivity index (χ2v) is 10.8. The van der Waals surface area contributed by atoms with Crippen LogP contribution in [0.2, 0.25) is 0 Å². The first-order chi connectivity index (χ1) is 19.1. The number of carbonyl (C=O) groups excluding carboxylic acids is 2. The fourth-order valence-corrected chi connectivity index (χ4v) is 4.67. The predicted octanol–water partition coefficient (Wildman–Crippen LogP) is 7.74. The second kappa shape index (κ2) is 12.7. The number of benzene rings is 4. The second-order valence-electron chi connectivity index (χ2n) is 10.8. The van der Waals surface area contributed by atoms with E-state index in [1.165, 1.54) is 0 Å². The lowest BCUT2D eigenvalue weighted by atomic mass is 10.0. The Morgan fingerprint density at radius 1 is 0.625 bits per heavy atom. The van der Waals surface area contributed by atoms with E-state index in [4.69, 9.17) is 9.47 Å². The molecule has 0 spiro atoms. The summed E-state index contributed by atoms with van der Waals surface area (Å²) >= 11 is 0. The normalized spacial score (nSPS) is 11.1. The third kappa shape index (κ3) is 7.00. The summed E-state index contributed by atoms with van der Waals surface area (Å²) < 4.78 is 11.8. The largest absolute Gasteiger partial charge is 0.483 e. The molecule has 6 heteroatoms. The number of nitrogens with one attached hydrogen (secondary N) is 2. The number of hydrogen-bond donors (Lipinski definition) is 2. The minimum atomic E-state index is -0.259. The zero-order valence-corrected chi connectivity index (χ0v) is 24.1. The van der Waals surface area contributed by atoms with Gasteiger partial charge in [0.25, 0.3) is 11.8 Å². The van der Waals surface area contributed by atoms with Gasteiger partial charge in [-0.3, -0.25) is 9.59 Å². The van der Waals surface area contributed by atoms with Crippen molar-refractivity contribution >= 4 is 34.0 Å². The van der Waals surface area contributed by atoms with E-state index < -0.39 is 0 Å². The van der Waals surface area contributed by atoms with Gasteiger partial charge in [0.15, 0.2) is 13.2 Å². The Bertz CT molecular complexity index is 1410. The maximum absolute atomic E-state index is 12.9. The van der Waals surface area contributed by atoms with Gasteiger partial charge in [0.2, 0.25) is 0 Å². The number of anilines is 2. The Kier molecular flexibility index (Phi) is 9.10. The van der Waals surface area contributed by atoms with Crippen molar-refractivity contribution in [2.75, 3.05) is 23.8 Å². The van der Waals surface area contributed by atoms with Gasteiger partial charge in [-0.1, -0.05) is 76.2 Å². The van der Waals surface area contributed by atoms with Gasteiger partial charge in [-0.2, -0.15) is 0 Å². The van der Waals surface area contributed by atoms with Crippen LogP contribution in [0.15, 0.2) is 72.8 Å². The van der Waals surface area contributed by atoms with E-state index in [9.17, 15) is 9.59 Å². The van der Waals surface area contributed by atoms with Crippen molar-refractivity contribution in [3.8, 4) is 11.5 Å². The molecule has 0 aliphatic heterocycles. The lowest BCUT2D eigenvalue weighted by Gasteiger charge is -2.16.